The SMILES string of the molecule is O=C(O)/C=C/C1CCCN1C1CCC1. The van der Waals surface area contributed by atoms with Crippen molar-refractivity contribution in [2.75, 3.05) is 6.54 Å². The summed E-state index contributed by atoms with van der Waals surface area (Å²) in [5.41, 5.74) is 0. The highest BCUT2D eigenvalue weighted by Crippen LogP contribution is 2.31. The molecule has 0 amide bonds. The van der Waals surface area contributed by atoms with Crippen LogP contribution < -0.4 is 0 Å². The van der Waals surface area contributed by atoms with Crippen LogP contribution in [0.3, 0.4) is 0 Å². The van der Waals surface area contributed by atoms with Gasteiger partial charge >= 0.3 is 5.97 Å². The highest BCUT2D eigenvalue weighted by molar-refractivity contribution is 5.79. The van der Waals surface area contributed by atoms with Crippen LogP contribution in [0.15, 0.2) is 12.2 Å². The number of carboxylic acid groups (broad SMARTS) is 1. The molecule has 0 bridgehead atoms. The van der Waals surface area contributed by atoms with Crippen molar-refractivity contribution in [1.29, 1.82) is 0 Å². The highest BCUT2D eigenvalue weighted by atomic mass is 16.4. The van der Waals surface area contributed by atoms with E-state index in [4.69, 9.17) is 5.11 Å². The van der Waals surface area contributed by atoms with Gasteiger partial charge in [0.1, 0.15) is 0 Å². The van der Waals surface area contributed by atoms with E-state index in [-0.39, 0.29) is 0 Å². The minimum atomic E-state index is -0.828. The second kappa shape index (κ2) is 4.13. The Morgan fingerprint density at radius 3 is 2.64 bits per heavy atom. The Kier molecular flexibility index (Phi) is 2.87. The van der Waals surface area contributed by atoms with Gasteiger partial charge in [0, 0.05) is 18.2 Å². The minimum Gasteiger partial charge on any atom is -0.478 e. The number of hydrogen-bond donors (Lipinski definition) is 1. The molecule has 2 rings (SSSR count). The lowest BCUT2D eigenvalue weighted by molar-refractivity contribution is -0.131. The van der Waals surface area contributed by atoms with Crippen LogP contribution in [-0.2, 0) is 4.79 Å². The van der Waals surface area contributed by atoms with Gasteiger partial charge in [0.05, 0.1) is 0 Å². The molecule has 1 atom stereocenters. The lowest BCUT2D eigenvalue weighted by Gasteiger charge is -2.37. The molecule has 0 spiro atoms. The average Bonchev–Trinajstić information content (AvgIpc) is 2.46. The molecule has 1 aliphatic carbocycles. The van der Waals surface area contributed by atoms with Gasteiger partial charge in [-0.3, -0.25) is 4.90 Å². The van der Waals surface area contributed by atoms with E-state index < -0.39 is 5.97 Å². The summed E-state index contributed by atoms with van der Waals surface area (Å²) in [6, 6.07) is 1.12. The van der Waals surface area contributed by atoms with Gasteiger partial charge in [0.25, 0.3) is 0 Å². The zero-order chi connectivity index (χ0) is 9.97. The molecule has 14 heavy (non-hydrogen) atoms. The molecule has 2 fully saturated rings. The van der Waals surface area contributed by atoms with Crippen LogP contribution in [0.4, 0.5) is 0 Å². The summed E-state index contributed by atoms with van der Waals surface area (Å²) in [6.45, 7) is 1.15. The fourth-order valence-corrected chi connectivity index (χ4v) is 2.39. The van der Waals surface area contributed by atoms with Gasteiger partial charge < -0.3 is 5.11 Å². The molecule has 3 heteroatoms. The molecule has 0 aromatic rings. The molecular weight excluding hydrogens is 178 g/mol. The van der Waals surface area contributed by atoms with Crippen LogP contribution in [-0.4, -0.2) is 34.6 Å². The summed E-state index contributed by atoms with van der Waals surface area (Å²) in [5, 5.41) is 8.56. The van der Waals surface area contributed by atoms with E-state index >= 15 is 0 Å². The smallest absolute Gasteiger partial charge is 0.328 e. The molecule has 1 saturated carbocycles. The van der Waals surface area contributed by atoms with Crippen LogP contribution in [0.2, 0.25) is 0 Å². The van der Waals surface area contributed by atoms with Gasteiger partial charge in [0.15, 0.2) is 0 Å². The number of carboxylic acids is 1. The van der Waals surface area contributed by atoms with Gasteiger partial charge in [-0.1, -0.05) is 12.5 Å². The number of aliphatic carboxylic acids is 1. The van der Waals surface area contributed by atoms with Crippen molar-refractivity contribution in [3.05, 3.63) is 12.2 Å². The first kappa shape index (κ1) is 9.71. The van der Waals surface area contributed by atoms with E-state index in [2.05, 4.69) is 4.90 Å². The molecule has 0 aromatic carbocycles. The van der Waals surface area contributed by atoms with Gasteiger partial charge in [-0.25, -0.2) is 4.79 Å². The minimum absolute atomic E-state index is 0.386. The van der Waals surface area contributed by atoms with Crippen molar-refractivity contribution in [1.82, 2.24) is 4.90 Å². The van der Waals surface area contributed by atoms with E-state index in [1.54, 1.807) is 0 Å². The maximum Gasteiger partial charge on any atom is 0.328 e. The quantitative estimate of drug-likeness (QED) is 0.696. The number of hydrogen-bond acceptors (Lipinski definition) is 2. The Morgan fingerprint density at radius 1 is 1.29 bits per heavy atom. The van der Waals surface area contributed by atoms with Crippen LogP contribution in [0, 0.1) is 0 Å². The number of likely N-dealkylation sites (tertiary alicyclic amines) is 1. The fourth-order valence-electron chi connectivity index (χ4n) is 2.39. The van der Waals surface area contributed by atoms with E-state index in [1.807, 2.05) is 6.08 Å². The maximum atomic E-state index is 10.4. The third kappa shape index (κ3) is 1.98. The molecule has 1 heterocycles. The molecule has 2 aliphatic rings. The number of nitrogens with zero attached hydrogens (tertiary/aromatic N) is 1. The summed E-state index contributed by atoms with van der Waals surface area (Å²) in [5.74, 6) is -0.828. The first-order valence-corrected chi connectivity index (χ1v) is 5.44. The van der Waals surface area contributed by atoms with E-state index in [0.29, 0.717) is 6.04 Å². The Bertz CT molecular complexity index is 246. The van der Waals surface area contributed by atoms with Crippen molar-refractivity contribution in [2.24, 2.45) is 0 Å². The maximum absolute atomic E-state index is 10.4. The molecule has 0 aromatic heterocycles. The zero-order valence-corrected chi connectivity index (χ0v) is 8.35. The number of carbonyl (C=O) groups is 1. The Labute approximate surface area is 84.4 Å². The van der Waals surface area contributed by atoms with Gasteiger partial charge in [-0.05, 0) is 32.2 Å². The zero-order valence-electron chi connectivity index (χ0n) is 8.35. The predicted molar refractivity (Wildman–Crippen MR) is 54.1 cm³/mol. The summed E-state index contributed by atoms with van der Waals surface area (Å²) in [4.78, 5) is 12.9. The normalized spacial score (nSPS) is 29.6. The van der Waals surface area contributed by atoms with Gasteiger partial charge in [0.2, 0.25) is 0 Å². The second-order valence-corrected chi connectivity index (χ2v) is 4.23. The second-order valence-electron chi connectivity index (χ2n) is 4.23. The summed E-state index contributed by atoms with van der Waals surface area (Å²) >= 11 is 0. The summed E-state index contributed by atoms with van der Waals surface area (Å²) in [6.07, 6.45) is 9.44. The topological polar surface area (TPSA) is 40.5 Å². The Hall–Kier alpha value is -0.830. The third-order valence-corrected chi connectivity index (χ3v) is 3.35. The van der Waals surface area contributed by atoms with Crippen molar-refractivity contribution in [2.45, 2.75) is 44.2 Å². The van der Waals surface area contributed by atoms with Crippen molar-refractivity contribution >= 4 is 5.97 Å². The first-order valence-electron chi connectivity index (χ1n) is 5.44. The standard InChI is InChI=1S/C11H17NO2/c13-11(14)7-6-10-5-2-8-12(10)9-3-1-4-9/h6-7,9-10H,1-5,8H2,(H,13,14)/b7-6+. The van der Waals surface area contributed by atoms with E-state index in [1.165, 1.54) is 31.8 Å². The molecule has 3 nitrogen and oxygen atoms in total. The molecule has 1 aliphatic heterocycles. The van der Waals surface area contributed by atoms with Crippen molar-refractivity contribution in [3.63, 3.8) is 0 Å². The van der Waals surface area contributed by atoms with E-state index in [9.17, 15) is 4.79 Å². The summed E-state index contributed by atoms with van der Waals surface area (Å²) < 4.78 is 0. The van der Waals surface area contributed by atoms with Crippen LogP contribution in [0.5, 0.6) is 0 Å². The molecule has 1 unspecified atom stereocenters. The lowest BCUT2D eigenvalue weighted by atomic mass is 9.91. The van der Waals surface area contributed by atoms with Crippen LogP contribution in [0.1, 0.15) is 32.1 Å². The predicted octanol–water partition coefficient (Wildman–Crippen LogP) is 1.64. The molecule has 1 saturated heterocycles. The fraction of sp³-hybridized carbons (Fsp3) is 0.727. The van der Waals surface area contributed by atoms with Gasteiger partial charge in [-0.15, -0.1) is 0 Å². The van der Waals surface area contributed by atoms with Crippen molar-refractivity contribution < 1.29 is 9.90 Å². The average molecular weight is 195 g/mol. The molecule has 1 N–H and O–H groups in total. The molecular formula is C11H17NO2. The Morgan fingerprint density at radius 2 is 2.07 bits per heavy atom. The third-order valence-electron chi connectivity index (χ3n) is 3.35. The van der Waals surface area contributed by atoms with Crippen LogP contribution in [0.25, 0.3) is 0 Å². The lowest BCUT2D eigenvalue weighted by Crippen LogP contribution is -2.42. The van der Waals surface area contributed by atoms with Crippen LogP contribution >= 0.6 is 0 Å². The van der Waals surface area contributed by atoms with Crippen molar-refractivity contribution in [3.8, 4) is 0 Å². The first-order chi connectivity index (χ1) is 6.77. The molecule has 78 valence electrons. The van der Waals surface area contributed by atoms with Gasteiger partial charge in [-0.2, -0.15) is 0 Å². The monoisotopic (exact) mass is 195 g/mol. The largest absolute Gasteiger partial charge is 0.478 e. The highest BCUT2D eigenvalue weighted by Gasteiger charge is 2.32. The summed E-state index contributed by atoms with van der Waals surface area (Å²) in [7, 11) is 0. The molecule has 0 radical (unpaired) electrons. The van der Waals surface area contributed by atoms with E-state index in [0.717, 1.165) is 19.0 Å². The number of rotatable bonds is 3. The Balaban J connectivity index is 1.92.